The van der Waals surface area contributed by atoms with Crippen LogP contribution in [0.5, 0.6) is 5.75 Å². The highest BCUT2D eigenvalue weighted by Crippen LogP contribution is 2.38. The van der Waals surface area contributed by atoms with E-state index in [1.165, 1.54) is 18.4 Å². The van der Waals surface area contributed by atoms with Gasteiger partial charge in [-0.15, -0.1) is 0 Å². The number of piperazine rings is 1. The number of hydrogen-bond donors (Lipinski definition) is 3. The van der Waals surface area contributed by atoms with Gasteiger partial charge in [-0.2, -0.15) is 4.98 Å². The van der Waals surface area contributed by atoms with Crippen molar-refractivity contribution >= 4 is 50.3 Å². The normalized spacial score (nSPS) is 14.3. The van der Waals surface area contributed by atoms with E-state index in [-0.39, 0.29) is 16.6 Å². The Morgan fingerprint density at radius 1 is 1.09 bits per heavy atom. The predicted molar refractivity (Wildman–Crippen MR) is 191 cm³/mol. The number of carbonyl (C=O) groups excluding carboxylic acids is 1. The highest BCUT2D eigenvalue weighted by molar-refractivity contribution is 8.77. The topological polar surface area (TPSA) is 114 Å². The molecule has 1 saturated heterocycles. The maximum Gasteiger partial charge on any atom is 0.222 e. The molecule has 0 saturated carbocycles. The smallest absolute Gasteiger partial charge is 0.222 e. The number of methoxy groups -OCH3 is 1. The van der Waals surface area contributed by atoms with E-state index in [4.69, 9.17) is 10.5 Å². The van der Waals surface area contributed by atoms with Gasteiger partial charge in [0.15, 0.2) is 5.82 Å². The largest absolute Gasteiger partial charge is 0.496 e. The van der Waals surface area contributed by atoms with Gasteiger partial charge in [0, 0.05) is 74.5 Å². The van der Waals surface area contributed by atoms with Crippen LogP contribution in [0.1, 0.15) is 64.0 Å². The van der Waals surface area contributed by atoms with Crippen molar-refractivity contribution in [3.8, 4) is 5.75 Å². The summed E-state index contributed by atoms with van der Waals surface area (Å²) in [5.74, 6) is 3.26. The molecule has 1 fully saturated rings. The molecular weight excluding hydrogens is 605 g/mol. The van der Waals surface area contributed by atoms with E-state index in [2.05, 4.69) is 69.0 Å². The van der Waals surface area contributed by atoms with Gasteiger partial charge in [-0.05, 0) is 51.4 Å². The molecule has 0 unspecified atom stereocenters. The summed E-state index contributed by atoms with van der Waals surface area (Å²) in [6.45, 7) is 13.3. The molecule has 1 aromatic carbocycles. The predicted octanol–water partition coefficient (Wildman–Crippen LogP) is 5.48. The van der Waals surface area contributed by atoms with Crippen LogP contribution >= 0.6 is 21.6 Å². The van der Waals surface area contributed by atoms with Gasteiger partial charge in [-0.3, -0.25) is 9.69 Å². The molecule has 3 heterocycles. The number of unbranched alkanes of at least 4 members (excludes halogenated alkanes) is 2. The molecule has 10 nitrogen and oxygen atoms in total. The lowest BCUT2D eigenvalue weighted by atomic mass is 10.1. The second-order valence-electron chi connectivity index (χ2n) is 12.3. The van der Waals surface area contributed by atoms with Gasteiger partial charge in [0.25, 0.3) is 0 Å². The molecule has 4 rings (SSSR count). The van der Waals surface area contributed by atoms with Gasteiger partial charge in [0.1, 0.15) is 11.3 Å². The van der Waals surface area contributed by atoms with Crippen LogP contribution in [0.15, 0.2) is 30.5 Å². The number of rotatable bonds is 18. The molecule has 0 bridgehead atoms. The maximum absolute atomic E-state index is 13.0. The number of nitrogens with two attached hydrogens (primary N) is 1. The number of benzene rings is 1. The third kappa shape index (κ3) is 10.4. The Morgan fingerprint density at radius 3 is 2.62 bits per heavy atom. The molecule has 4 N–H and O–H groups in total. The summed E-state index contributed by atoms with van der Waals surface area (Å²) in [4.78, 5) is 26.4. The quantitative estimate of drug-likeness (QED) is 0.120. The number of ether oxygens (including phenoxy) is 1. The van der Waals surface area contributed by atoms with Crippen molar-refractivity contribution in [2.45, 2.75) is 70.7 Å². The summed E-state index contributed by atoms with van der Waals surface area (Å²) in [7, 11) is 7.48. The first-order valence-corrected chi connectivity index (χ1v) is 18.5. The number of hydrogen-bond acceptors (Lipinski definition) is 10. The summed E-state index contributed by atoms with van der Waals surface area (Å²) >= 11 is 0. The van der Waals surface area contributed by atoms with Crippen molar-refractivity contribution < 1.29 is 9.53 Å². The number of nitrogen functional groups attached to an aromatic ring is 1. The van der Waals surface area contributed by atoms with Crippen LogP contribution < -0.4 is 21.1 Å². The fraction of sp³-hybridized carbons (Fsp3) is 0.606. The van der Waals surface area contributed by atoms with Crippen LogP contribution in [0, 0.1) is 0 Å². The number of nitrogens with one attached hydrogen (secondary N) is 2. The average Bonchev–Trinajstić information content (AvgIpc) is 3.43. The Bertz CT molecular complexity index is 1370. The van der Waals surface area contributed by atoms with Crippen molar-refractivity contribution in [2.24, 2.45) is 0 Å². The van der Waals surface area contributed by atoms with E-state index in [0.29, 0.717) is 13.0 Å². The van der Waals surface area contributed by atoms with E-state index < -0.39 is 0 Å². The summed E-state index contributed by atoms with van der Waals surface area (Å²) in [6.07, 6.45) is 6.96. The summed E-state index contributed by atoms with van der Waals surface area (Å²) in [5, 5.41) is 6.66. The average molecular weight is 657 g/mol. The maximum atomic E-state index is 13.0. The van der Waals surface area contributed by atoms with Gasteiger partial charge in [-0.25, -0.2) is 4.98 Å². The van der Waals surface area contributed by atoms with E-state index in [1.54, 1.807) is 7.11 Å². The van der Waals surface area contributed by atoms with Crippen LogP contribution in [-0.2, 0) is 17.9 Å². The molecule has 12 heteroatoms. The van der Waals surface area contributed by atoms with Crippen LogP contribution in [-0.4, -0.2) is 94.2 Å². The van der Waals surface area contributed by atoms with E-state index in [0.717, 1.165) is 92.6 Å². The molecule has 1 aliphatic heterocycles. The molecule has 0 aliphatic carbocycles. The monoisotopic (exact) mass is 656 g/mol. The number of amides is 1. The number of carbonyl (C=O) groups is 1. The Kier molecular flexibility index (Phi) is 13.5. The van der Waals surface area contributed by atoms with Gasteiger partial charge >= 0.3 is 0 Å². The van der Waals surface area contributed by atoms with Gasteiger partial charge in [0.05, 0.1) is 19.2 Å². The first-order chi connectivity index (χ1) is 21.7. The Morgan fingerprint density at radius 2 is 1.89 bits per heavy atom. The molecule has 248 valence electrons. The van der Waals surface area contributed by atoms with Gasteiger partial charge in [0.2, 0.25) is 11.9 Å². The minimum absolute atomic E-state index is 0.0881. The number of fused-ring (bicyclic) bond motifs is 1. The van der Waals surface area contributed by atoms with Crippen LogP contribution in [0.25, 0.3) is 11.0 Å². The molecule has 1 aliphatic rings. The Labute approximate surface area is 277 Å². The Balaban J connectivity index is 1.31. The van der Waals surface area contributed by atoms with Crippen molar-refractivity contribution in [1.29, 1.82) is 0 Å². The second-order valence-corrected chi connectivity index (χ2v) is 15.4. The van der Waals surface area contributed by atoms with Crippen molar-refractivity contribution in [2.75, 3.05) is 70.2 Å². The van der Waals surface area contributed by atoms with Gasteiger partial charge < -0.3 is 30.6 Å². The summed E-state index contributed by atoms with van der Waals surface area (Å²) in [6, 6.07) is 8.48. The van der Waals surface area contributed by atoms with E-state index >= 15 is 0 Å². The van der Waals surface area contributed by atoms with Crippen LogP contribution in [0.4, 0.5) is 11.8 Å². The molecule has 1 amide bonds. The van der Waals surface area contributed by atoms with E-state index in [1.807, 2.05) is 45.8 Å². The van der Waals surface area contributed by atoms with Gasteiger partial charge in [-0.1, -0.05) is 53.5 Å². The van der Waals surface area contributed by atoms with Crippen LogP contribution in [0.3, 0.4) is 0 Å². The standard InChI is InChI=1S/C33H52N8O2S2/c1-6-7-8-14-36-31-30-27(37-32(34)38-31)12-16-41(30)24-26-10-9-25(22-28(26)43-5)23-39-17-19-40(20-18-39)29(42)11-13-33(2,3)45-44-21-15-35-4/h9-10,12,16,22,35H,6-8,11,13-15,17-21,23-24H2,1-5H3,(H3,34,36,37,38). The molecule has 0 atom stereocenters. The molecular formula is C33H52N8O2S2. The summed E-state index contributed by atoms with van der Waals surface area (Å²) in [5.41, 5.74) is 10.1. The minimum Gasteiger partial charge on any atom is -0.496 e. The highest BCUT2D eigenvalue weighted by Gasteiger charge is 2.25. The van der Waals surface area contributed by atoms with Crippen molar-refractivity contribution in [1.82, 2.24) is 29.7 Å². The molecule has 3 aromatic rings. The number of anilines is 2. The SMILES string of the molecule is CCCCCNc1nc(N)nc2ccn(Cc3ccc(CN4CCN(C(=O)CCC(C)(C)SSCCNC)CC4)cc3OC)c12. The molecule has 45 heavy (non-hydrogen) atoms. The van der Waals surface area contributed by atoms with Crippen LogP contribution in [0.2, 0.25) is 0 Å². The third-order valence-corrected chi connectivity index (χ3v) is 11.5. The lowest BCUT2D eigenvalue weighted by Crippen LogP contribution is -2.48. The minimum atomic E-state index is 0.0881. The lowest BCUT2D eigenvalue weighted by Gasteiger charge is -2.35. The van der Waals surface area contributed by atoms with E-state index in [9.17, 15) is 4.79 Å². The van der Waals surface area contributed by atoms with Crippen molar-refractivity contribution in [3.63, 3.8) is 0 Å². The number of nitrogens with zero attached hydrogens (tertiary/aromatic N) is 5. The fourth-order valence-corrected chi connectivity index (χ4v) is 8.11. The van der Waals surface area contributed by atoms with Crippen molar-refractivity contribution in [3.05, 3.63) is 41.6 Å². The first kappa shape index (κ1) is 35.2. The lowest BCUT2D eigenvalue weighted by molar-refractivity contribution is -0.133. The second kappa shape index (κ2) is 17.3. The summed E-state index contributed by atoms with van der Waals surface area (Å²) < 4.78 is 8.11. The first-order valence-electron chi connectivity index (χ1n) is 16.2. The zero-order valence-corrected chi connectivity index (χ0v) is 29.4. The highest BCUT2D eigenvalue weighted by atomic mass is 33.1. The molecule has 0 radical (unpaired) electrons. The number of aromatic nitrogens is 3. The fourth-order valence-electron chi connectivity index (χ4n) is 5.53. The molecule has 0 spiro atoms. The molecule has 2 aromatic heterocycles. The zero-order valence-electron chi connectivity index (χ0n) is 27.7. The zero-order chi connectivity index (χ0) is 32.2. The third-order valence-electron chi connectivity index (χ3n) is 8.18. The Hall–Kier alpha value is -2.67.